The molecule has 2 aliphatic rings. The van der Waals surface area contributed by atoms with E-state index in [1.165, 1.54) is 6.42 Å². The minimum absolute atomic E-state index is 0.0963. The van der Waals surface area contributed by atoms with Gasteiger partial charge in [-0.2, -0.15) is 0 Å². The van der Waals surface area contributed by atoms with Crippen LogP contribution in [0.15, 0.2) is 48.5 Å². The Morgan fingerprint density at radius 2 is 1.58 bits per heavy atom. The third-order valence-electron chi connectivity index (χ3n) is 5.69. The van der Waals surface area contributed by atoms with Crippen molar-refractivity contribution in [1.82, 2.24) is 5.32 Å². The Labute approximate surface area is 182 Å². The molecule has 3 N–H and O–H groups in total. The molecule has 1 atom stereocenters. The van der Waals surface area contributed by atoms with Gasteiger partial charge < -0.3 is 25.4 Å². The van der Waals surface area contributed by atoms with Crippen molar-refractivity contribution in [3.63, 3.8) is 0 Å². The van der Waals surface area contributed by atoms with Crippen LogP contribution >= 0.6 is 0 Å². The summed E-state index contributed by atoms with van der Waals surface area (Å²) in [7, 11) is 0. The lowest BCUT2D eigenvalue weighted by Gasteiger charge is -2.31. The van der Waals surface area contributed by atoms with Gasteiger partial charge in [0, 0.05) is 30.3 Å². The summed E-state index contributed by atoms with van der Waals surface area (Å²) >= 11 is 0. The number of hydrogen-bond donors (Lipinski definition) is 3. The van der Waals surface area contributed by atoms with Crippen molar-refractivity contribution in [2.45, 2.75) is 57.8 Å². The molecule has 0 unspecified atom stereocenters. The second kappa shape index (κ2) is 8.88. The predicted molar refractivity (Wildman–Crippen MR) is 119 cm³/mol. The number of anilines is 2. The van der Waals surface area contributed by atoms with Crippen LogP contribution < -0.4 is 25.4 Å². The van der Waals surface area contributed by atoms with Gasteiger partial charge in [-0.25, -0.2) is 4.79 Å². The summed E-state index contributed by atoms with van der Waals surface area (Å²) in [6.45, 7) is 3.78. The van der Waals surface area contributed by atoms with Crippen molar-refractivity contribution in [2.75, 3.05) is 10.6 Å². The van der Waals surface area contributed by atoms with Crippen molar-refractivity contribution in [1.29, 1.82) is 0 Å². The van der Waals surface area contributed by atoms with Gasteiger partial charge in [-0.1, -0.05) is 38.5 Å². The van der Waals surface area contributed by atoms with E-state index >= 15 is 0 Å². The molecule has 3 amide bonds. The van der Waals surface area contributed by atoms with Gasteiger partial charge in [-0.3, -0.25) is 4.79 Å². The second-order valence-electron chi connectivity index (χ2n) is 8.51. The molecule has 1 aliphatic heterocycles. The fraction of sp³-hybridized carbons (Fsp3) is 0.417. The zero-order valence-corrected chi connectivity index (χ0v) is 17.9. The molecule has 2 aromatic carbocycles. The number of rotatable bonds is 5. The number of carbonyl (C=O) groups is 2. The number of hydrogen-bond acceptors (Lipinski definition) is 4. The van der Waals surface area contributed by atoms with Crippen LogP contribution in [0.3, 0.4) is 0 Å². The minimum Gasteiger partial charge on any atom is -0.448 e. The van der Waals surface area contributed by atoms with Gasteiger partial charge in [0.2, 0.25) is 5.91 Å². The van der Waals surface area contributed by atoms with Gasteiger partial charge in [0.05, 0.1) is 0 Å². The molecular weight excluding hydrogens is 394 g/mol. The summed E-state index contributed by atoms with van der Waals surface area (Å²) in [6.07, 6.45) is 5.13. The molecule has 1 aliphatic carbocycles. The van der Waals surface area contributed by atoms with Crippen LogP contribution in [0, 0.1) is 5.92 Å². The first-order chi connectivity index (χ1) is 14.9. The largest absolute Gasteiger partial charge is 0.448 e. The molecule has 0 bridgehead atoms. The van der Waals surface area contributed by atoms with Crippen LogP contribution in [0.5, 0.6) is 11.5 Å². The highest BCUT2D eigenvalue weighted by Gasteiger charge is 2.42. The highest BCUT2D eigenvalue weighted by Crippen LogP contribution is 2.46. The molecule has 31 heavy (non-hydrogen) atoms. The summed E-state index contributed by atoms with van der Waals surface area (Å²) in [4.78, 5) is 25.3. The maximum absolute atomic E-state index is 12.9. The van der Waals surface area contributed by atoms with Crippen LogP contribution in [-0.2, 0) is 4.79 Å². The van der Waals surface area contributed by atoms with E-state index in [-0.39, 0.29) is 11.8 Å². The molecule has 1 heterocycles. The Bertz CT molecular complexity index is 939. The first kappa shape index (κ1) is 21.0. The van der Waals surface area contributed by atoms with Gasteiger partial charge in [0.15, 0.2) is 11.5 Å². The fourth-order valence-corrected chi connectivity index (χ4v) is 4.05. The van der Waals surface area contributed by atoms with E-state index in [9.17, 15) is 9.59 Å². The van der Waals surface area contributed by atoms with E-state index < -0.39 is 17.9 Å². The van der Waals surface area contributed by atoms with E-state index in [0.29, 0.717) is 22.9 Å². The second-order valence-corrected chi connectivity index (χ2v) is 8.51. The van der Waals surface area contributed by atoms with Crippen molar-refractivity contribution >= 4 is 23.3 Å². The lowest BCUT2D eigenvalue weighted by Crippen LogP contribution is -2.48. The van der Waals surface area contributed by atoms with Gasteiger partial charge in [0.1, 0.15) is 6.04 Å². The quantitative estimate of drug-likeness (QED) is 0.638. The van der Waals surface area contributed by atoms with E-state index in [1.54, 1.807) is 24.3 Å². The number of urea groups is 1. The van der Waals surface area contributed by atoms with Crippen molar-refractivity contribution < 1.29 is 19.1 Å². The summed E-state index contributed by atoms with van der Waals surface area (Å²) in [5.74, 6) is 0.419. The van der Waals surface area contributed by atoms with Crippen molar-refractivity contribution in [3.8, 4) is 11.5 Å². The van der Waals surface area contributed by atoms with Crippen LogP contribution in [-0.4, -0.2) is 23.8 Å². The first-order valence-corrected chi connectivity index (χ1v) is 10.9. The highest BCUT2D eigenvalue weighted by molar-refractivity contribution is 5.99. The smallest absolute Gasteiger partial charge is 0.319 e. The zero-order valence-electron chi connectivity index (χ0n) is 17.9. The molecule has 2 aromatic rings. The Kier molecular flexibility index (Phi) is 6.02. The van der Waals surface area contributed by atoms with Crippen molar-refractivity contribution in [3.05, 3.63) is 48.5 Å². The van der Waals surface area contributed by atoms with Crippen LogP contribution in [0.4, 0.5) is 16.2 Å². The van der Waals surface area contributed by atoms with Gasteiger partial charge in [-0.15, -0.1) is 0 Å². The molecule has 7 nitrogen and oxygen atoms in total. The first-order valence-electron chi connectivity index (χ1n) is 10.9. The number of carbonyl (C=O) groups excluding carboxylic acids is 2. The van der Waals surface area contributed by atoms with E-state index in [0.717, 1.165) is 25.7 Å². The Morgan fingerprint density at radius 1 is 0.871 bits per heavy atom. The molecule has 0 radical (unpaired) electrons. The number of ether oxygens (including phenoxy) is 2. The number of fused-ring (bicyclic) bond motifs is 1. The van der Waals surface area contributed by atoms with Gasteiger partial charge in [0.25, 0.3) is 5.79 Å². The Morgan fingerprint density at radius 3 is 2.29 bits per heavy atom. The Balaban J connectivity index is 1.39. The maximum Gasteiger partial charge on any atom is 0.319 e. The number of benzene rings is 2. The lowest BCUT2D eigenvalue weighted by molar-refractivity contribution is -0.118. The standard InChI is InChI=1S/C24H29N3O4/c1-16(2)21(27-23(29)26-17-9-5-3-6-10-17)22(28)25-18-11-12-19-20(15-18)31-24(30-19)13-7-4-8-14-24/h3,5-6,9-12,15-16,21H,4,7-8,13-14H2,1-2H3,(H,25,28)(H2,26,27,29)/t21-/m0/s1. The van der Waals surface area contributed by atoms with Gasteiger partial charge >= 0.3 is 6.03 Å². The molecule has 164 valence electrons. The summed E-state index contributed by atoms with van der Waals surface area (Å²) in [6, 6.07) is 13.4. The fourth-order valence-electron chi connectivity index (χ4n) is 4.05. The van der Waals surface area contributed by atoms with E-state index in [1.807, 2.05) is 38.1 Å². The molecule has 0 saturated heterocycles. The summed E-state index contributed by atoms with van der Waals surface area (Å²) < 4.78 is 12.2. The van der Waals surface area contributed by atoms with Crippen LogP contribution in [0.25, 0.3) is 0 Å². The molecule has 0 aromatic heterocycles. The molecule has 1 spiro atoms. The van der Waals surface area contributed by atoms with Crippen LogP contribution in [0.1, 0.15) is 46.0 Å². The Hall–Kier alpha value is -3.22. The van der Waals surface area contributed by atoms with Crippen molar-refractivity contribution in [2.24, 2.45) is 5.92 Å². The molecular formula is C24H29N3O4. The van der Waals surface area contributed by atoms with Crippen LogP contribution in [0.2, 0.25) is 0 Å². The summed E-state index contributed by atoms with van der Waals surface area (Å²) in [5, 5.41) is 8.41. The third-order valence-corrected chi connectivity index (χ3v) is 5.69. The average Bonchev–Trinajstić information content (AvgIpc) is 3.09. The maximum atomic E-state index is 12.9. The number of nitrogens with one attached hydrogen (secondary N) is 3. The minimum atomic E-state index is -0.696. The predicted octanol–water partition coefficient (Wildman–Crippen LogP) is 4.90. The zero-order chi connectivity index (χ0) is 21.8. The summed E-state index contributed by atoms with van der Waals surface area (Å²) in [5.41, 5.74) is 1.27. The normalized spacial score (nSPS) is 17.3. The topological polar surface area (TPSA) is 88.7 Å². The molecule has 7 heteroatoms. The third kappa shape index (κ3) is 4.93. The number of amides is 3. The molecule has 1 saturated carbocycles. The average molecular weight is 424 g/mol. The van der Waals surface area contributed by atoms with E-state index in [4.69, 9.17) is 9.47 Å². The SMILES string of the molecule is CC(C)[C@H](NC(=O)Nc1ccccc1)C(=O)Nc1ccc2c(c1)OC1(CCCCC1)O2. The van der Waals surface area contributed by atoms with E-state index in [2.05, 4.69) is 16.0 Å². The van der Waals surface area contributed by atoms with Gasteiger partial charge in [-0.05, 0) is 43.0 Å². The highest BCUT2D eigenvalue weighted by atomic mass is 16.7. The number of para-hydroxylation sites is 1. The lowest BCUT2D eigenvalue weighted by atomic mass is 9.94. The molecule has 1 fully saturated rings. The molecule has 4 rings (SSSR count). The monoisotopic (exact) mass is 423 g/mol.